The first-order chi connectivity index (χ1) is 7.72. The summed E-state index contributed by atoms with van der Waals surface area (Å²) in [4.78, 5) is 4.45. The first kappa shape index (κ1) is 9.69. The van der Waals surface area contributed by atoms with Crippen LogP contribution >= 0.6 is 22.9 Å². The van der Waals surface area contributed by atoms with E-state index >= 15 is 0 Å². The van der Waals surface area contributed by atoms with Crippen molar-refractivity contribution in [3.63, 3.8) is 0 Å². The molecule has 80 valence electrons. The second kappa shape index (κ2) is 3.50. The molecule has 0 amide bonds. The minimum Gasteiger partial charge on any atom is -0.442 e. The second-order valence-corrected chi connectivity index (χ2v) is 4.75. The van der Waals surface area contributed by atoms with E-state index in [0.717, 1.165) is 20.9 Å². The molecule has 0 unspecified atom stereocenters. The van der Waals surface area contributed by atoms with Crippen molar-refractivity contribution in [3.8, 4) is 10.8 Å². The van der Waals surface area contributed by atoms with Gasteiger partial charge < -0.3 is 10.2 Å². The number of fused-ring (bicyclic) bond motifs is 1. The summed E-state index contributed by atoms with van der Waals surface area (Å²) in [5.41, 5.74) is 7.36. The molecule has 0 aliphatic rings. The van der Waals surface area contributed by atoms with Gasteiger partial charge in [-0.3, -0.25) is 0 Å². The fraction of sp³-hybridized carbons (Fsp3) is 0. The molecule has 3 aromatic rings. The molecule has 0 atom stereocenters. The lowest BCUT2D eigenvalue weighted by Gasteiger charge is -1.89. The molecular formula is C11H7ClN2OS. The molecular weight excluding hydrogens is 244 g/mol. The summed E-state index contributed by atoms with van der Waals surface area (Å²) in [6.07, 6.45) is 0. The third-order valence-electron chi connectivity index (χ3n) is 2.20. The monoisotopic (exact) mass is 250 g/mol. The minimum absolute atomic E-state index is 0.369. The lowest BCUT2D eigenvalue weighted by Crippen LogP contribution is -1.81. The first-order valence-corrected chi connectivity index (χ1v) is 5.83. The Labute approximate surface area is 100 Å². The number of nitrogens with two attached hydrogens (primary N) is 1. The zero-order valence-corrected chi connectivity index (χ0v) is 9.68. The Hall–Kier alpha value is -1.52. The largest absolute Gasteiger partial charge is 0.442 e. The van der Waals surface area contributed by atoms with E-state index in [1.807, 2.05) is 24.3 Å². The van der Waals surface area contributed by atoms with Gasteiger partial charge >= 0.3 is 0 Å². The van der Waals surface area contributed by atoms with E-state index in [0.29, 0.717) is 11.0 Å². The predicted molar refractivity (Wildman–Crippen MR) is 66.7 cm³/mol. The average molecular weight is 251 g/mol. The van der Waals surface area contributed by atoms with Crippen LogP contribution < -0.4 is 5.73 Å². The smallest absolute Gasteiger partial charge is 0.194 e. The summed E-state index contributed by atoms with van der Waals surface area (Å²) < 4.78 is 6.36. The molecule has 5 heteroatoms. The summed E-state index contributed by atoms with van der Waals surface area (Å²) in [5, 5.41) is 1.18. The Morgan fingerprint density at radius 2 is 2.12 bits per heavy atom. The van der Waals surface area contributed by atoms with E-state index in [1.165, 1.54) is 11.3 Å². The molecule has 0 saturated carbocycles. The van der Waals surface area contributed by atoms with E-state index in [-0.39, 0.29) is 0 Å². The highest BCUT2D eigenvalue weighted by atomic mass is 35.5. The Kier molecular flexibility index (Phi) is 2.12. The lowest BCUT2D eigenvalue weighted by molar-refractivity contribution is 0.584. The number of thiazole rings is 1. The van der Waals surface area contributed by atoms with Crippen LogP contribution in [0.15, 0.2) is 34.7 Å². The molecule has 0 fully saturated rings. The normalized spacial score (nSPS) is 11.1. The van der Waals surface area contributed by atoms with Crippen LogP contribution in [0.3, 0.4) is 0 Å². The quantitative estimate of drug-likeness (QED) is 0.669. The van der Waals surface area contributed by atoms with Crippen molar-refractivity contribution in [1.82, 2.24) is 4.98 Å². The second-order valence-electron chi connectivity index (χ2n) is 3.35. The average Bonchev–Trinajstić information content (AvgIpc) is 2.83. The number of hydrogen-bond acceptors (Lipinski definition) is 4. The fourth-order valence-corrected chi connectivity index (χ4v) is 2.60. The van der Waals surface area contributed by atoms with E-state index in [9.17, 15) is 0 Å². The van der Waals surface area contributed by atoms with E-state index in [2.05, 4.69) is 4.98 Å². The number of anilines is 1. The van der Waals surface area contributed by atoms with Crippen molar-refractivity contribution in [2.45, 2.75) is 0 Å². The zero-order valence-electron chi connectivity index (χ0n) is 8.11. The maximum atomic E-state index is 5.72. The summed E-state index contributed by atoms with van der Waals surface area (Å²) >= 11 is 7.26. The van der Waals surface area contributed by atoms with Gasteiger partial charge in [0.05, 0.1) is 10.2 Å². The molecule has 3 nitrogen and oxygen atoms in total. The molecule has 2 heterocycles. The van der Waals surface area contributed by atoms with Gasteiger partial charge in [-0.05, 0) is 41.9 Å². The number of benzene rings is 1. The molecule has 0 aliphatic carbocycles. The predicted octanol–water partition coefficient (Wildman–Crippen LogP) is 3.79. The molecule has 3 rings (SSSR count). The van der Waals surface area contributed by atoms with Gasteiger partial charge in [0.15, 0.2) is 16.0 Å². The van der Waals surface area contributed by atoms with Crippen molar-refractivity contribution in [1.29, 1.82) is 0 Å². The zero-order chi connectivity index (χ0) is 11.1. The van der Waals surface area contributed by atoms with E-state index in [1.54, 1.807) is 6.07 Å². The molecule has 16 heavy (non-hydrogen) atoms. The van der Waals surface area contributed by atoms with Crippen LogP contribution in [0.4, 0.5) is 5.69 Å². The topological polar surface area (TPSA) is 52.0 Å². The van der Waals surface area contributed by atoms with Crippen LogP contribution in [-0.2, 0) is 0 Å². The summed E-state index contributed by atoms with van der Waals surface area (Å²) in [5.74, 6) is 0.685. The third kappa shape index (κ3) is 1.56. The number of nitrogen functional groups attached to an aromatic ring is 1. The minimum atomic E-state index is 0.369. The number of nitrogens with zero attached hydrogens (tertiary/aromatic N) is 1. The Morgan fingerprint density at radius 3 is 2.88 bits per heavy atom. The van der Waals surface area contributed by atoms with Crippen molar-refractivity contribution < 1.29 is 4.42 Å². The van der Waals surface area contributed by atoms with Gasteiger partial charge in [-0.2, -0.15) is 0 Å². The van der Waals surface area contributed by atoms with Crippen LogP contribution in [0.25, 0.3) is 21.0 Å². The molecule has 2 N–H and O–H groups in total. The Bertz CT molecular complexity index is 659. The highest BCUT2D eigenvalue weighted by Gasteiger charge is 2.09. The van der Waals surface area contributed by atoms with Gasteiger partial charge in [0.2, 0.25) is 0 Å². The van der Waals surface area contributed by atoms with Gasteiger partial charge in [-0.25, -0.2) is 4.98 Å². The molecule has 2 aromatic heterocycles. The highest BCUT2D eigenvalue weighted by Crippen LogP contribution is 2.32. The van der Waals surface area contributed by atoms with Crippen molar-refractivity contribution in [2.75, 3.05) is 5.73 Å². The van der Waals surface area contributed by atoms with Gasteiger partial charge in [0.25, 0.3) is 0 Å². The standard InChI is InChI=1S/C11H7ClN2OS/c12-10-4-3-8(15-10)11-14-7-2-1-6(13)5-9(7)16-11/h1-5H,13H2. The molecule has 0 aliphatic heterocycles. The summed E-state index contributed by atoms with van der Waals surface area (Å²) in [6, 6.07) is 9.15. The molecule has 0 radical (unpaired) electrons. The Morgan fingerprint density at radius 1 is 1.25 bits per heavy atom. The van der Waals surface area contributed by atoms with Crippen LogP contribution in [0.2, 0.25) is 5.22 Å². The number of rotatable bonds is 1. The van der Waals surface area contributed by atoms with Gasteiger partial charge in [-0.15, -0.1) is 11.3 Å². The summed E-state index contributed by atoms with van der Waals surface area (Å²) in [7, 11) is 0. The molecule has 0 saturated heterocycles. The van der Waals surface area contributed by atoms with Crippen molar-refractivity contribution in [3.05, 3.63) is 35.6 Å². The van der Waals surface area contributed by atoms with Crippen LogP contribution in [0, 0.1) is 0 Å². The molecule has 0 bridgehead atoms. The number of hydrogen-bond donors (Lipinski definition) is 1. The first-order valence-electron chi connectivity index (χ1n) is 4.64. The maximum absolute atomic E-state index is 5.72. The SMILES string of the molecule is Nc1ccc2nc(-c3ccc(Cl)o3)sc2c1. The number of halogens is 1. The van der Waals surface area contributed by atoms with Crippen molar-refractivity contribution >= 4 is 38.8 Å². The fourth-order valence-electron chi connectivity index (χ4n) is 1.48. The van der Waals surface area contributed by atoms with Crippen LogP contribution in [0.1, 0.15) is 0 Å². The van der Waals surface area contributed by atoms with Crippen molar-refractivity contribution in [2.24, 2.45) is 0 Å². The van der Waals surface area contributed by atoms with E-state index < -0.39 is 0 Å². The van der Waals surface area contributed by atoms with Gasteiger partial charge in [0.1, 0.15) is 0 Å². The van der Waals surface area contributed by atoms with Gasteiger partial charge in [-0.1, -0.05) is 0 Å². The third-order valence-corrected chi connectivity index (χ3v) is 3.43. The number of furan rings is 1. The number of aromatic nitrogens is 1. The van der Waals surface area contributed by atoms with Gasteiger partial charge in [0, 0.05) is 5.69 Å². The Balaban J connectivity index is 2.18. The van der Waals surface area contributed by atoms with E-state index in [4.69, 9.17) is 21.8 Å². The highest BCUT2D eigenvalue weighted by molar-refractivity contribution is 7.21. The maximum Gasteiger partial charge on any atom is 0.194 e. The molecule has 0 spiro atoms. The molecule has 1 aromatic carbocycles. The van der Waals surface area contributed by atoms with Crippen LogP contribution in [0.5, 0.6) is 0 Å². The van der Waals surface area contributed by atoms with Crippen LogP contribution in [-0.4, -0.2) is 4.98 Å². The lowest BCUT2D eigenvalue weighted by atomic mass is 10.3. The summed E-state index contributed by atoms with van der Waals surface area (Å²) in [6.45, 7) is 0.